The molecule has 1 aliphatic carbocycles. The Labute approximate surface area is 119 Å². The van der Waals surface area contributed by atoms with Gasteiger partial charge in [-0.15, -0.1) is 0 Å². The van der Waals surface area contributed by atoms with Gasteiger partial charge < -0.3 is 0 Å². The molecule has 0 saturated heterocycles. The van der Waals surface area contributed by atoms with E-state index in [4.69, 9.17) is 0 Å². The minimum Gasteiger partial charge on any atom is -0.0845 e. The Balaban J connectivity index is 2.33. The summed E-state index contributed by atoms with van der Waals surface area (Å²) in [6.07, 6.45) is 34.0. The second-order valence-electron chi connectivity index (χ2n) is 4.97. The van der Waals surface area contributed by atoms with E-state index in [1.807, 2.05) is 12.2 Å². The van der Waals surface area contributed by atoms with E-state index in [2.05, 4.69) is 48.6 Å². The minimum atomic E-state index is 1.10. The van der Waals surface area contributed by atoms with Crippen molar-refractivity contribution in [3.05, 3.63) is 60.8 Å². The van der Waals surface area contributed by atoms with Gasteiger partial charge in [-0.25, -0.2) is 0 Å². The van der Waals surface area contributed by atoms with E-state index < -0.39 is 0 Å². The number of hydrogen-bond donors (Lipinski definition) is 0. The number of hydrogen-bond acceptors (Lipinski definition) is 0. The zero-order valence-electron chi connectivity index (χ0n) is 12.1. The van der Waals surface area contributed by atoms with Gasteiger partial charge in [-0.1, -0.05) is 86.8 Å². The fourth-order valence-electron chi connectivity index (χ4n) is 2.08. The molecule has 0 spiro atoms. The van der Waals surface area contributed by atoms with Crippen molar-refractivity contribution in [2.45, 2.75) is 57.8 Å². The van der Waals surface area contributed by atoms with Gasteiger partial charge in [-0.2, -0.15) is 0 Å². The van der Waals surface area contributed by atoms with Gasteiger partial charge in [-0.3, -0.25) is 0 Å². The van der Waals surface area contributed by atoms with E-state index in [0.29, 0.717) is 0 Å². The average Bonchev–Trinajstić information content (AvgIpc) is 2.43. The summed E-state index contributed by atoms with van der Waals surface area (Å²) in [5.74, 6) is 0. The Kier molecular flexibility index (Phi) is 10.9. The Morgan fingerprint density at radius 3 is 1.89 bits per heavy atom. The maximum atomic E-state index is 3.32. The molecule has 0 nitrogen and oxygen atoms in total. The molecular formula is C19H27. The lowest BCUT2D eigenvalue weighted by atomic mass is 10.1. The summed E-state index contributed by atoms with van der Waals surface area (Å²) in [6, 6.07) is 0. The normalized spacial score (nSPS) is 28.2. The minimum absolute atomic E-state index is 1.10. The van der Waals surface area contributed by atoms with Crippen LogP contribution in [0.15, 0.2) is 54.7 Å². The largest absolute Gasteiger partial charge is 0.0845 e. The third kappa shape index (κ3) is 11.5. The molecule has 1 aliphatic rings. The second-order valence-corrected chi connectivity index (χ2v) is 4.97. The summed E-state index contributed by atoms with van der Waals surface area (Å²) >= 11 is 0. The molecule has 19 heavy (non-hydrogen) atoms. The zero-order chi connectivity index (χ0) is 13.4. The summed E-state index contributed by atoms with van der Waals surface area (Å²) in [5, 5.41) is 0. The molecule has 0 unspecified atom stereocenters. The fourth-order valence-corrected chi connectivity index (χ4v) is 2.08. The molecular weight excluding hydrogens is 228 g/mol. The van der Waals surface area contributed by atoms with Crippen LogP contribution in [-0.4, -0.2) is 0 Å². The SMILES string of the molecule is [C]1=C/C=C\C=C/C=C\C=C/CCCCCCCCC\1. The molecule has 0 bridgehead atoms. The van der Waals surface area contributed by atoms with Crippen LogP contribution >= 0.6 is 0 Å². The summed E-state index contributed by atoms with van der Waals surface area (Å²) in [6.45, 7) is 0. The first kappa shape index (κ1) is 15.8. The summed E-state index contributed by atoms with van der Waals surface area (Å²) < 4.78 is 0. The van der Waals surface area contributed by atoms with Crippen LogP contribution in [0.3, 0.4) is 0 Å². The van der Waals surface area contributed by atoms with Crippen molar-refractivity contribution in [1.82, 2.24) is 0 Å². The molecule has 0 saturated carbocycles. The van der Waals surface area contributed by atoms with Crippen molar-refractivity contribution in [1.29, 1.82) is 0 Å². The summed E-state index contributed by atoms with van der Waals surface area (Å²) in [5.41, 5.74) is 0. The smallest absolute Gasteiger partial charge is 0.0276 e. The molecule has 0 amide bonds. The van der Waals surface area contributed by atoms with Gasteiger partial charge in [0.05, 0.1) is 0 Å². The van der Waals surface area contributed by atoms with Gasteiger partial charge in [0.15, 0.2) is 0 Å². The number of rotatable bonds is 0. The van der Waals surface area contributed by atoms with Crippen LogP contribution in [-0.2, 0) is 0 Å². The lowest BCUT2D eigenvalue weighted by Crippen LogP contribution is -1.80. The Hall–Kier alpha value is -1.30. The standard InChI is InChI=1S/C19H27/c1-2-4-6-8-10-12-14-16-18-19-17-15-13-11-9-7-5-3-1/h1-9H,10,12-19H2/b3-1-,4-2-,7-5-,8-6-,11-9?. The first-order valence-electron chi connectivity index (χ1n) is 7.72. The molecule has 0 aromatic heterocycles. The topological polar surface area (TPSA) is 0 Å². The van der Waals surface area contributed by atoms with Crippen molar-refractivity contribution in [2.75, 3.05) is 0 Å². The van der Waals surface area contributed by atoms with Crippen LogP contribution in [0.2, 0.25) is 0 Å². The lowest BCUT2D eigenvalue weighted by molar-refractivity contribution is 0.582. The molecule has 0 heterocycles. The zero-order valence-corrected chi connectivity index (χ0v) is 12.1. The third-order valence-corrected chi connectivity index (χ3v) is 3.21. The van der Waals surface area contributed by atoms with Crippen molar-refractivity contribution < 1.29 is 0 Å². The van der Waals surface area contributed by atoms with Gasteiger partial charge in [0.25, 0.3) is 0 Å². The number of allylic oxidation sites excluding steroid dienone is 10. The Morgan fingerprint density at radius 2 is 1.11 bits per heavy atom. The van der Waals surface area contributed by atoms with Crippen molar-refractivity contribution in [3.8, 4) is 0 Å². The monoisotopic (exact) mass is 255 g/mol. The second kappa shape index (κ2) is 13.1. The van der Waals surface area contributed by atoms with Crippen LogP contribution in [0.25, 0.3) is 0 Å². The molecule has 0 aromatic rings. The van der Waals surface area contributed by atoms with E-state index in [0.717, 1.165) is 6.42 Å². The highest BCUT2D eigenvalue weighted by molar-refractivity contribution is 5.17. The Bertz CT molecular complexity index is 294. The van der Waals surface area contributed by atoms with E-state index in [9.17, 15) is 0 Å². The first-order chi connectivity index (χ1) is 9.50. The predicted octanol–water partition coefficient (Wildman–Crippen LogP) is 6.10. The summed E-state index contributed by atoms with van der Waals surface area (Å²) in [7, 11) is 0. The predicted molar refractivity (Wildman–Crippen MR) is 85.9 cm³/mol. The summed E-state index contributed by atoms with van der Waals surface area (Å²) in [4.78, 5) is 0. The highest BCUT2D eigenvalue weighted by Crippen LogP contribution is 2.10. The molecule has 103 valence electrons. The molecule has 1 rings (SSSR count). The van der Waals surface area contributed by atoms with Crippen LogP contribution < -0.4 is 0 Å². The molecule has 0 heteroatoms. The van der Waals surface area contributed by atoms with Crippen LogP contribution in [0, 0.1) is 6.08 Å². The lowest BCUT2D eigenvalue weighted by Gasteiger charge is -1.99. The van der Waals surface area contributed by atoms with Crippen molar-refractivity contribution in [2.24, 2.45) is 0 Å². The van der Waals surface area contributed by atoms with Crippen LogP contribution in [0.5, 0.6) is 0 Å². The molecule has 1 radical (unpaired) electrons. The Morgan fingerprint density at radius 1 is 0.526 bits per heavy atom. The fraction of sp³-hybridized carbons (Fsp3) is 0.474. The van der Waals surface area contributed by atoms with E-state index >= 15 is 0 Å². The van der Waals surface area contributed by atoms with E-state index in [-0.39, 0.29) is 0 Å². The first-order valence-corrected chi connectivity index (χ1v) is 7.72. The van der Waals surface area contributed by atoms with Gasteiger partial charge in [0.2, 0.25) is 0 Å². The van der Waals surface area contributed by atoms with Gasteiger partial charge >= 0.3 is 0 Å². The molecule has 0 fully saturated rings. The van der Waals surface area contributed by atoms with Crippen molar-refractivity contribution >= 4 is 0 Å². The van der Waals surface area contributed by atoms with E-state index in [1.54, 1.807) is 0 Å². The highest BCUT2D eigenvalue weighted by Gasteiger charge is 1.90. The quantitative estimate of drug-likeness (QED) is 0.491. The van der Waals surface area contributed by atoms with Gasteiger partial charge in [0, 0.05) is 0 Å². The molecule has 0 atom stereocenters. The van der Waals surface area contributed by atoms with Gasteiger partial charge in [0.1, 0.15) is 0 Å². The average molecular weight is 255 g/mol. The van der Waals surface area contributed by atoms with Crippen LogP contribution in [0.1, 0.15) is 57.8 Å². The molecule has 0 N–H and O–H groups in total. The highest BCUT2D eigenvalue weighted by atomic mass is 14.0. The van der Waals surface area contributed by atoms with Crippen LogP contribution in [0.4, 0.5) is 0 Å². The maximum absolute atomic E-state index is 3.32. The van der Waals surface area contributed by atoms with Crippen molar-refractivity contribution in [3.63, 3.8) is 0 Å². The maximum Gasteiger partial charge on any atom is -0.0276 e. The van der Waals surface area contributed by atoms with Gasteiger partial charge in [-0.05, 0) is 31.8 Å². The molecule has 0 aromatic carbocycles. The molecule has 0 aliphatic heterocycles. The third-order valence-electron chi connectivity index (χ3n) is 3.21. The van der Waals surface area contributed by atoms with E-state index in [1.165, 1.54) is 51.4 Å².